The van der Waals surface area contributed by atoms with Crippen molar-refractivity contribution in [2.24, 2.45) is 0 Å². The number of aliphatic hydroxyl groups excluding tert-OH is 1. The smallest absolute Gasteiger partial charge is 0.222 e. The molecular formula is C60H123N3O2. The van der Waals surface area contributed by atoms with Gasteiger partial charge in [0, 0.05) is 32.6 Å². The lowest BCUT2D eigenvalue weighted by molar-refractivity contribution is -0.131. The zero-order chi connectivity index (χ0) is 47.2. The second-order valence-electron chi connectivity index (χ2n) is 21.0. The maximum absolute atomic E-state index is 13.1. The van der Waals surface area contributed by atoms with E-state index < -0.39 is 0 Å². The molecule has 0 aromatic carbocycles. The number of hydrogen-bond acceptors (Lipinski definition) is 4. The molecule has 0 aromatic rings. The molecule has 5 nitrogen and oxygen atoms in total. The largest absolute Gasteiger partial charge is 0.378 e. The molecule has 0 saturated heterocycles. The summed E-state index contributed by atoms with van der Waals surface area (Å²) in [4.78, 5) is 17.8. The van der Waals surface area contributed by atoms with Crippen LogP contribution in [0.25, 0.3) is 0 Å². The van der Waals surface area contributed by atoms with Gasteiger partial charge in [-0.3, -0.25) is 9.69 Å². The van der Waals surface area contributed by atoms with Gasteiger partial charge in [0.1, 0.15) is 6.23 Å². The van der Waals surface area contributed by atoms with Crippen molar-refractivity contribution in [3.8, 4) is 0 Å². The van der Waals surface area contributed by atoms with E-state index in [1.165, 1.54) is 302 Å². The van der Waals surface area contributed by atoms with Crippen molar-refractivity contribution in [1.29, 1.82) is 0 Å². The quantitative estimate of drug-likeness (QED) is 0.0471. The highest BCUT2D eigenvalue weighted by molar-refractivity contribution is 5.76. The minimum absolute atomic E-state index is 0.232. The first-order valence-corrected chi connectivity index (χ1v) is 30.5. The molecule has 1 atom stereocenters. The van der Waals surface area contributed by atoms with Crippen LogP contribution in [-0.4, -0.2) is 66.3 Å². The first-order valence-electron chi connectivity index (χ1n) is 30.5. The van der Waals surface area contributed by atoms with E-state index >= 15 is 0 Å². The number of aliphatic hydroxyl groups is 1. The summed E-state index contributed by atoms with van der Waals surface area (Å²) in [6.07, 6.45) is 62.8. The van der Waals surface area contributed by atoms with E-state index in [0.717, 1.165) is 45.4 Å². The van der Waals surface area contributed by atoms with Gasteiger partial charge in [-0.05, 0) is 70.9 Å². The van der Waals surface area contributed by atoms with Gasteiger partial charge < -0.3 is 15.3 Å². The molecule has 0 radical (unpaired) electrons. The molecule has 0 aliphatic heterocycles. The molecule has 65 heavy (non-hydrogen) atoms. The molecule has 2 N–H and O–H groups in total. The van der Waals surface area contributed by atoms with Crippen LogP contribution in [0, 0.1) is 0 Å². The van der Waals surface area contributed by atoms with E-state index in [4.69, 9.17) is 0 Å². The fourth-order valence-corrected chi connectivity index (χ4v) is 9.88. The molecule has 5 heteroatoms. The summed E-state index contributed by atoms with van der Waals surface area (Å²) in [5.41, 5.74) is 0. The maximum Gasteiger partial charge on any atom is 0.222 e. The molecule has 390 valence electrons. The Balaban J connectivity index is 3.92. The number of unbranched alkanes of at least 4 members (excludes halogenated alkanes) is 40. The molecule has 0 fully saturated rings. The van der Waals surface area contributed by atoms with Gasteiger partial charge in [0.25, 0.3) is 0 Å². The molecule has 0 rings (SSSR count). The number of rotatable bonds is 57. The molecule has 0 spiro atoms. The van der Waals surface area contributed by atoms with Crippen LogP contribution in [0.2, 0.25) is 0 Å². The molecule has 0 saturated carbocycles. The highest BCUT2D eigenvalue weighted by atomic mass is 16.3. The minimum Gasteiger partial charge on any atom is -0.378 e. The van der Waals surface area contributed by atoms with Crippen molar-refractivity contribution < 1.29 is 9.90 Å². The van der Waals surface area contributed by atoms with Crippen molar-refractivity contribution in [1.82, 2.24) is 15.1 Å². The molecule has 0 bridgehead atoms. The first kappa shape index (κ1) is 64.3. The Labute approximate surface area is 410 Å². The van der Waals surface area contributed by atoms with E-state index in [9.17, 15) is 9.90 Å². The van der Waals surface area contributed by atoms with Crippen molar-refractivity contribution in [3.63, 3.8) is 0 Å². The van der Waals surface area contributed by atoms with Gasteiger partial charge in [0.05, 0.1) is 0 Å². The number of nitrogens with one attached hydrogen (secondary N) is 1. The Morgan fingerprint density at radius 1 is 0.338 bits per heavy atom. The average Bonchev–Trinajstić information content (AvgIpc) is 3.31. The normalized spacial score (nSPS) is 12.2. The van der Waals surface area contributed by atoms with Crippen molar-refractivity contribution in [2.45, 2.75) is 342 Å². The molecule has 0 aliphatic carbocycles. The lowest BCUT2D eigenvalue weighted by Crippen LogP contribution is -2.36. The predicted molar refractivity (Wildman–Crippen MR) is 291 cm³/mol. The number of amides is 1. The standard InChI is InChI=1S/C60H123N3O2/c1-5-9-13-17-19-21-25-31-39-47-55-62(59(64)51-43-35-15-11-7-3)57-49-41-33-27-23-29-37-45-53-61-54-46-38-30-24-28-34-42-50-58-63(60(65)52-44-36-16-12-8-4)56-48-40-32-26-22-20-18-14-10-6-2/h59,61,64H,5-58H2,1-4H3. The number of nitrogens with zero attached hydrogens (tertiary/aromatic N) is 2. The third-order valence-electron chi connectivity index (χ3n) is 14.5. The lowest BCUT2D eigenvalue weighted by atomic mass is 10.1. The summed E-state index contributed by atoms with van der Waals surface area (Å²) >= 11 is 0. The van der Waals surface area contributed by atoms with E-state index in [0.29, 0.717) is 5.91 Å². The van der Waals surface area contributed by atoms with Crippen LogP contribution in [0.15, 0.2) is 0 Å². The fourth-order valence-electron chi connectivity index (χ4n) is 9.88. The maximum atomic E-state index is 13.1. The summed E-state index contributed by atoms with van der Waals surface area (Å²) in [5.74, 6) is 0.431. The van der Waals surface area contributed by atoms with Crippen molar-refractivity contribution in [2.75, 3.05) is 39.3 Å². The monoisotopic (exact) mass is 918 g/mol. The third-order valence-corrected chi connectivity index (χ3v) is 14.5. The molecule has 0 aliphatic rings. The summed E-state index contributed by atoms with van der Waals surface area (Å²) < 4.78 is 0. The first-order chi connectivity index (χ1) is 32.1. The zero-order valence-electron chi connectivity index (χ0n) is 45.5. The Hall–Kier alpha value is -0.650. The van der Waals surface area contributed by atoms with Crippen LogP contribution >= 0.6 is 0 Å². The second-order valence-corrected chi connectivity index (χ2v) is 21.0. The highest BCUT2D eigenvalue weighted by Gasteiger charge is 2.15. The summed E-state index contributed by atoms with van der Waals surface area (Å²) in [7, 11) is 0. The molecule has 1 unspecified atom stereocenters. The number of hydrogen-bond donors (Lipinski definition) is 2. The summed E-state index contributed by atoms with van der Waals surface area (Å²) in [5, 5.41) is 14.8. The number of carbonyl (C=O) groups is 1. The predicted octanol–water partition coefficient (Wildman–Crippen LogP) is 18.8. The van der Waals surface area contributed by atoms with Gasteiger partial charge in [-0.25, -0.2) is 0 Å². The van der Waals surface area contributed by atoms with Crippen LogP contribution in [0.3, 0.4) is 0 Å². The van der Waals surface area contributed by atoms with Crippen LogP contribution < -0.4 is 5.32 Å². The van der Waals surface area contributed by atoms with Crippen LogP contribution in [0.1, 0.15) is 336 Å². The van der Waals surface area contributed by atoms with Crippen LogP contribution in [-0.2, 0) is 4.79 Å². The molecule has 1 amide bonds. The number of carbonyl (C=O) groups excluding carboxylic acids is 1. The average molecular weight is 919 g/mol. The zero-order valence-corrected chi connectivity index (χ0v) is 45.5. The SMILES string of the molecule is CCCCCCCCCCCCN(CCCCCCCCCCNCCCCCCCCCCN(CCCCCCCCCCCC)C(O)CCCCCCC)C(=O)CCCCCCC. The minimum atomic E-state index is -0.232. The summed E-state index contributed by atoms with van der Waals surface area (Å²) in [6.45, 7) is 15.7. The topological polar surface area (TPSA) is 55.8 Å². The fraction of sp³-hybridized carbons (Fsp3) is 0.983. The second kappa shape index (κ2) is 55.9. The molecular weight excluding hydrogens is 795 g/mol. The van der Waals surface area contributed by atoms with E-state index in [2.05, 4.69) is 42.8 Å². The Morgan fingerprint density at radius 3 is 0.938 bits per heavy atom. The van der Waals surface area contributed by atoms with Gasteiger partial charge >= 0.3 is 0 Å². The van der Waals surface area contributed by atoms with Crippen LogP contribution in [0.4, 0.5) is 0 Å². The van der Waals surface area contributed by atoms with E-state index in [1.54, 1.807) is 0 Å². The lowest BCUT2D eigenvalue weighted by Gasteiger charge is -2.28. The summed E-state index contributed by atoms with van der Waals surface area (Å²) in [6, 6.07) is 0. The molecule has 0 heterocycles. The van der Waals surface area contributed by atoms with Crippen LogP contribution in [0.5, 0.6) is 0 Å². The Morgan fingerprint density at radius 2 is 0.600 bits per heavy atom. The van der Waals surface area contributed by atoms with Gasteiger partial charge in [0.2, 0.25) is 5.91 Å². The van der Waals surface area contributed by atoms with E-state index in [-0.39, 0.29) is 6.23 Å². The van der Waals surface area contributed by atoms with Gasteiger partial charge in [-0.2, -0.15) is 0 Å². The van der Waals surface area contributed by atoms with E-state index in [1.807, 2.05) is 0 Å². The Kier molecular flexibility index (Phi) is 55.4. The highest BCUT2D eigenvalue weighted by Crippen LogP contribution is 2.18. The van der Waals surface area contributed by atoms with Crippen molar-refractivity contribution in [3.05, 3.63) is 0 Å². The van der Waals surface area contributed by atoms with Crippen molar-refractivity contribution >= 4 is 5.91 Å². The van der Waals surface area contributed by atoms with Gasteiger partial charge in [0.15, 0.2) is 0 Å². The van der Waals surface area contributed by atoms with Gasteiger partial charge in [-0.1, -0.05) is 272 Å². The Bertz CT molecular complexity index is 884. The van der Waals surface area contributed by atoms with Gasteiger partial charge in [-0.15, -0.1) is 0 Å². The molecule has 0 aromatic heterocycles. The third kappa shape index (κ3) is 49.6.